The van der Waals surface area contributed by atoms with Crippen molar-refractivity contribution >= 4 is 11.9 Å². The summed E-state index contributed by atoms with van der Waals surface area (Å²) in [5, 5.41) is 2.74. The molecule has 0 aromatic heterocycles. The average Bonchev–Trinajstić information content (AvgIpc) is 3.14. The van der Waals surface area contributed by atoms with Crippen LogP contribution in [-0.4, -0.2) is 31.9 Å². The van der Waals surface area contributed by atoms with Gasteiger partial charge in [-0.25, -0.2) is 4.79 Å². The first-order chi connectivity index (χ1) is 13.0. The Morgan fingerprint density at radius 2 is 1.93 bits per heavy atom. The Morgan fingerprint density at radius 1 is 1.15 bits per heavy atom. The molecule has 0 radical (unpaired) electrons. The average molecular weight is 371 g/mol. The number of hydrogen-bond donors (Lipinski definition) is 1. The van der Waals surface area contributed by atoms with Crippen molar-refractivity contribution in [2.45, 2.75) is 26.5 Å². The fourth-order valence-electron chi connectivity index (χ4n) is 2.61. The lowest BCUT2D eigenvalue weighted by Gasteiger charge is -2.14. The van der Waals surface area contributed by atoms with E-state index < -0.39 is 12.1 Å². The van der Waals surface area contributed by atoms with Gasteiger partial charge in [0.1, 0.15) is 5.75 Å². The van der Waals surface area contributed by atoms with Crippen LogP contribution in [0.3, 0.4) is 0 Å². The number of hydrogen-bond acceptors (Lipinski definition) is 6. The zero-order valence-corrected chi connectivity index (χ0v) is 15.4. The molecule has 142 valence electrons. The molecule has 0 fully saturated rings. The van der Waals surface area contributed by atoms with Crippen molar-refractivity contribution in [2.24, 2.45) is 0 Å². The molecule has 1 N–H and O–H groups in total. The van der Waals surface area contributed by atoms with Gasteiger partial charge in [-0.15, -0.1) is 0 Å². The third-order valence-corrected chi connectivity index (χ3v) is 4.20. The van der Waals surface area contributed by atoms with Gasteiger partial charge in [-0.05, 0) is 49.2 Å². The quantitative estimate of drug-likeness (QED) is 0.786. The molecule has 1 aliphatic rings. The molecule has 1 atom stereocenters. The van der Waals surface area contributed by atoms with Crippen LogP contribution in [0, 0.1) is 6.92 Å². The van der Waals surface area contributed by atoms with E-state index in [1.165, 1.54) is 14.0 Å². The Balaban J connectivity index is 1.55. The Bertz CT molecular complexity index is 864. The molecule has 27 heavy (non-hydrogen) atoms. The van der Waals surface area contributed by atoms with Gasteiger partial charge in [0.15, 0.2) is 17.6 Å². The number of carbonyl (C=O) groups is 2. The minimum atomic E-state index is -0.932. The monoisotopic (exact) mass is 371 g/mol. The van der Waals surface area contributed by atoms with Crippen LogP contribution in [0.25, 0.3) is 0 Å². The minimum Gasteiger partial charge on any atom is -0.496 e. The fourth-order valence-corrected chi connectivity index (χ4v) is 2.61. The zero-order chi connectivity index (χ0) is 19.4. The number of rotatable bonds is 6. The predicted molar refractivity (Wildman–Crippen MR) is 97.0 cm³/mol. The highest BCUT2D eigenvalue weighted by Gasteiger charge is 2.20. The van der Waals surface area contributed by atoms with Crippen LogP contribution >= 0.6 is 0 Å². The largest absolute Gasteiger partial charge is 0.496 e. The Labute approximate surface area is 157 Å². The highest BCUT2D eigenvalue weighted by atomic mass is 16.7. The first kappa shape index (κ1) is 18.6. The van der Waals surface area contributed by atoms with Crippen LogP contribution in [0.15, 0.2) is 36.4 Å². The van der Waals surface area contributed by atoms with E-state index in [9.17, 15) is 9.59 Å². The van der Waals surface area contributed by atoms with Gasteiger partial charge in [0.25, 0.3) is 5.91 Å². The number of esters is 1. The van der Waals surface area contributed by atoms with Crippen molar-refractivity contribution in [2.75, 3.05) is 13.9 Å². The van der Waals surface area contributed by atoms with Gasteiger partial charge in [0, 0.05) is 6.54 Å². The number of methoxy groups -OCH3 is 1. The lowest BCUT2D eigenvalue weighted by atomic mass is 10.1. The van der Waals surface area contributed by atoms with Gasteiger partial charge in [0.05, 0.1) is 12.7 Å². The predicted octanol–water partition coefficient (Wildman–Crippen LogP) is 2.59. The molecular weight excluding hydrogens is 350 g/mol. The standard InChI is InChI=1S/C20H21NO6/c1-12-4-6-15(9-17(12)24-3)20(23)27-13(2)19(22)21-10-14-5-7-16-18(8-14)26-11-25-16/h4-9,13H,10-11H2,1-3H3,(H,21,22)/t13-/m0/s1. The van der Waals surface area contributed by atoms with Gasteiger partial charge in [-0.3, -0.25) is 4.79 Å². The summed E-state index contributed by atoms with van der Waals surface area (Å²) in [4.78, 5) is 24.5. The van der Waals surface area contributed by atoms with E-state index in [0.717, 1.165) is 11.1 Å². The fraction of sp³-hybridized carbons (Fsp3) is 0.300. The molecule has 7 heteroatoms. The lowest BCUT2D eigenvalue weighted by Crippen LogP contribution is -2.35. The van der Waals surface area contributed by atoms with Crippen molar-refractivity contribution < 1.29 is 28.5 Å². The molecule has 1 amide bonds. The SMILES string of the molecule is COc1cc(C(=O)O[C@@H](C)C(=O)NCc2ccc3c(c2)OCO3)ccc1C. The van der Waals surface area contributed by atoms with Gasteiger partial charge < -0.3 is 24.3 Å². The van der Waals surface area contributed by atoms with Crippen molar-refractivity contribution in [1.29, 1.82) is 0 Å². The van der Waals surface area contributed by atoms with E-state index in [-0.39, 0.29) is 19.2 Å². The molecule has 0 unspecified atom stereocenters. The molecule has 0 bridgehead atoms. The molecule has 0 spiro atoms. The molecule has 2 aromatic carbocycles. The van der Waals surface area contributed by atoms with E-state index in [1.807, 2.05) is 13.0 Å². The molecule has 0 aliphatic carbocycles. The van der Waals surface area contributed by atoms with Crippen LogP contribution < -0.4 is 19.5 Å². The number of benzene rings is 2. The van der Waals surface area contributed by atoms with Crippen LogP contribution in [0.1, 0.15) is 28.4 Å². The summed E-state index contributed by atoms with van der Waals surface area (Å²) in [6.45, 7) is 3.89. The second kappa shape index (κ2) is 7.99. The molecular formula is C20H21NO6. The van der Waals surface area contributed by atoms with Crippen molar-refractivity contribution in [3.05, 3.63) is 53.1 Å². The van der Waals surface area contributed by atoms with Crippen LogP contribution in [0.5, 0.6) is 17.2 Å². The van der Waals surface area contributed by atoms with E-state index in [2.05, 4.69) is 5.32 Å². The summed E-state index contributed by atoms with van der Waals surface area (Å²) in [7, 11) is 1.53. The van der Waals surface area contributed by atoms with Gasteiger partial charge in [-0.2, -0.15) is 0 Å². The van der Waals surface area contributed by atoms with Crippen molar-refractivity contribution in [3.63, 3.8) is 0 Å². The highest BCUT2D eigenvalue weighted by molar-refractivity contribution is 5.92. The van der Waals surface area contributed by atoms with Crippen LogP contribution in [0.2, 0.25) is 0 Å². The van der Waals surface area contributed by atoms with Crippen molar-refractivity contribution in [3.8, 4) is 17.2 Å². The third-order valence-electron chi connectivity index (χ3n) is 4.20. The van der Waals surface area contributed by atoms with Gasteiger partial charge in [0.2, 0.25) is 6.79 Å². The van der Waals surface area contributed by atoms with Gasteiger partial charge in [-0.1, -0.05) is 12.1 Å². The third kappa shape index (κ3) is 4.31. The molecule has 2 aromatic rings. The number of nitrogens with one attached hydrogen (secondary N) is 1. The normalized spacial score (nSPS) is 13.0. The number of carbonyl (C=O) groups excluding carboxylic acids is 2. The maximum atomic E-state index is 12.3. The summed E-state index contributed by atoms with van der Waals surface area (Å²) < 4.78 is 21.0. The summed E-state index contributed by atoms with van der Waals surface area (Å²) in [6.07, 6.45) is -0.932. The van der Waals surface area contributed by atoms with Crippen LogP contribution in [0.4, 0.5) is 0 Å². The van der Waals surface area contributed by atoms with E-state index in [0.29, 0.717) is 22.8 Å². The molecule has 1 aliphatic heterocycles. The number of amides is 1. The Morgan fingerprint density at radius 3 is 2.70 bits per heavy atom. The Kier molecular flexibility index (Phi) is 5.49. The molecule has 1 heterocycles. The highest BCUT2D eigenvalue weighted by Crippen LogP contribution is 2.32. The first-order valence-corrected chi connectivity index (χ1v) is 8.50. The Hall–Kier alpha value is -3.22. The number of ether oxygens (including phenoxy) is 4. The zero-order valence-electron chi connectivity index (χ0n) is 15.4. The lowest BCUT2D eigenvalue weighted by molar-refractivity contribution is -0.129. The summed E-state index contributed by atoms with van der Waals surface area (Å²) >= 11 is 0. The molecule has 0 saturated heterocycles. The van der Waals surface area contributed by atoms with Crippen LogP contribution in [-0.2, 0) is 16.1 Å². The minimum absolute atomic E-state index is 0.196. The molecule has 3 rings (SSSR count). The number of aryl methyl sites for hydroxylation is 1. The second-order valence-corrected chi connectivity index (χ2v) is 6.14. The molecule has 0 saturated carbocycles. The molecule has 7 nitrogen and oxygen atoms in total. The van der Waals surface area contributed by atoms with E-state index in [4.69, 9.17) is 18.9 Å². The maximum absolute atomic E-state index is 12.3. The summed E-state index contributed by atoms with van der Waals surface area (Å²) in [6, 6.07) is 10.4. The topological polar surface area (TPSA) is 83.1 Å². The summed E-state index contributed by atoms with van der Waals surface area (Å²) in [5.41, 5.74) is 2.09. The smallest absolute Gasteiger partial charge is 0.339 e. The maximum Gasteiger partial charge on any atom is 0.339 e. The van der Waals surface area contributed by atoms with E-state index >= 15 is 0 Å². The van der Waals surface area contributed by atoms with Gasteiger partial charge >= 0.3 is 5.97 Å². The number of fused-ring (bicyclic) bond motifs is 1. The van der Waals surface area contributed by atoms with Crippen molar-refractivity contribution in [1.82, 2.24) is 5.32 Å². The first-order valence-electron chi connectivity index (χ1n) is 8.50. The second-order valence-electron chi connectivity index (χ2n) is 6.14. The van der Waals surface area contributed by atoms with E-state index in [1.54, 1.807) is 30.3 Å². The summed E-state index contributed by atoms with van der Waals surface area (Å²) in [5.74, 6) is 0.943.